The highest BCUT2D eigenvalue weighted by atomic mass is 19.1. The van der Waals surface area contributed by atoms with Crippen molar-refractivity contribution in [2.45, 2.75) is 25.2 Å². The molecular formula is C12H13FO2. The summed E-state index contributed by atoms with van der Waals surface area (Å²) in [7, 11) is 0. The number of rotatable bonds is 3. The molecule has 0 amide bonds. The molecule has 1 aliphatic rings. The van der Waals surface area contributed by atoms with E-state index in [-0.39, 0.29) is 11.7 Å². The van der Waals surface area contributed by atoms with Crippen molar-refractivity contribution in [2.24, 2.45) is 5.92 Å². The molecule has 3 heteroatoms. The lowest BCUT2D eigenvalue weighted by Crippen LogP contribution is -2.22. The Hall–Kier alpha value is -1.38. The van der Waals surface area contributed by atoms with Gasteiger partial charge in [-0.25, -0.2) is 4.39 Å². The molecule has 2 rings (SSSR count). The summed E-state index contributed by atoms with van der Waals surface area (Å²) >= 11 is 0. The van der Waals surface area contributed by atoms with Gasteiger partial charge in [-0.3, -0.25) is 4.79 Å². The molecule has 0 aromatic heterocycles. The van der Waals surface area contributed by atoms with Crippen molar-refractivity contribution in [1.82, 2.24) is 0 Å². The molecule has 1 aromatic rings. The Morgan fingerprint density at radius 3 is 2.87 bits per heavy atom. The van der Waals surface area contributed by atoms with Crippen LogP contribution in [0.25, 0.3) is 0 Å². The van der Waals surface area contributed by atoms with E-state index in [1.807, 2.05) is 6.92 Å². The summed E-state index contributed by atoms with van der Waals surface area (Å²) in [6, 6.07) is 5.94. The molecule has 80 valence electrons. The van der Waals surface area contributed by atoms with Crippen LogP contribution in [0.4, 0.5) is 4.39 Å². The SMILES string of the molecule is CCC1CC1(C(=O)O)c1cccc(F)c1. The predicted octanol–water partition coefficient (Wildman–Crippen LogP) is 2.58. The van der Waals surface area contributed by atoms with Crippen LogP contribution in [0.1, 0.15) is 25.3 Å². The normalized spacial score (nSPS) is 28.8. The molecule has 1 fully saturated rings. The van der Waals surface area contributed by atoms with Crippen LogP contribution in [0.5, 0.6) is 0 Å². The van der Waals surface area contributed by atoms with Gasteiger partial charge in [-0.05, 0) is 30.0 Å². The second-order valence-corrected chi connectivity index (χ2v) is 4.10. The molecule has 0 bridgehead atoms. The fourth-order valence-electron chi connectivity index (χ4n) is 2.33. The molecule has 0 spiro atoms. The summed E-state index contributed by atoms with van der Waals surface area (Å²) in [4.78, 5) is 11.2. The Balaban J connectivity index is 2.40. The topological polar surface area (TPSA) is 37.3 Å². The summed E-state index contributed by atoms with van der Waals surface area (Å²) in [5.41, 5.74) is -0.224. The van der Waals surface area contributed by atoms with Crippen molar-refractivity contribution in [2.75, 3.05) is 0 Å². The number of halogens is 1. The first-order valence-corrected chi connectivity index (χ1v) is 5.10. The maximum absolute atomic E-state index is 13.0. The Morgan fingerprint density at radius 2 is 2.40 bits per heavy atom. The van der Waals surface area contributed by atoms with Gasteiger partial charge in [-0.2, -0.15) is 0 Å². The molecule has 2 unspecified atom stereocenters. The Kier molecular flexibility index (Phi) is 2.25. The molecule has 2 nitrogen and oxygen atoms in total. The number of aliphatic carboxylic acids is 1. The Labute approximate surface area is 87.7 Å². The maximum atomic E-state index is 13.0. The van der Waals surface area contributed by atoms with Crippen LogP contribution in [-0.2, 0) is 10.2 Å². The number of benzene rings is 1. The van der Waals surface area contributed by atoms with Crippen LogP contribution in [0, 0.1) is 11.7 Å². The van der Waals surface area contributed by atoms with E-state index in [0.29, 0.717) is 12.0 Å². The maximum Gasteiger partial charge on any atom is 0.314 e. The van der Waals surface area contributed by atoms with Crippen LogP contribution < -0.4 is 0 Å². The van der Waals surface area contributed by atoms with Gasteiger partial charge in [0.2, 0.25) is 0 Å². The second kappa shape index (κ2) is 3.33. The minimum absolute atomic E-state index is 0.150. The van der Waals surface area contributed by atoms with Crippen LogP contribution in [-0.4, -0.2) is 11.1 Å². The van der Waals surface area contributed by atoms with Gasteiger partial charge in [0.05, 0.1) is 5.41 Å². The van der Waals surface area contributed by atoms with Gasteiger partial charge in [0.15, 0.2) is 0 Å². The van der Waals surface area contributed by atoms with Gasteiger partial charge in [0.1, 0.15) is 5.82 Å². The monoisotopic (exact) mass is 208 g/mol. The zero-order chi connectivity index (χ0) is 11.1. The van der Waals surface area contributed by atoms with Gasteiger partial charge in [-0.1, -0.05) is 25.5 Å². The molecule has 1 N–H and O–H groups in total. The van der Waals surface area contributed by atoms with Crippen molar-refractivity contribution in [3.05, 3.63) is 35.6 Å². The minimum atomic E-state index is -0.833. The van der Waals surface area contributed by atoms with Gasteiger partial charge >= 0.3 is 5.97 Å². The van der Waals surface area contributed by atoms with Crippen molar-refractivity contribution in [1.29, 1.82) is 0 Å². The third-order valence-electron chi connectivity index (χ3n) is 3.32. The molecule has 1 aliphatic carbocycles. The van der Waals surface area contributed by atoms with E-state index >= 15 is 0 Å². The van der Waals surface area contributed by atoms with E-state index in [1.165, 1.54) is 12.1 Å². The van der Waals surface area contributed by atoms with E-state index in [0.717, 1.165) is 6.42 Å². The average Bonchev–Trinajstić information content (AvgIpc) is 2.93. The molecule has 2 atom stereocenters. The van der Waals surface area contributed by atoms with E-state index in [4.69, 9.17) is 0 Å². The van der Waals surface area contributed by atoms with E-state index in [2.05, 4.69) is 0 Å². The molecule has 0 aliphatic heterocycles. The number of carboxylic acid groups (broad SMARTS) is 1. The quantitative estimate of drug-likeness (QED) is 0.828. The van der Waals surface area contributed by atoms with E-state index in [9.17, 15) is 14.3 Å². The number of carbonyl (C=O) groups is 1. The van der Waals surface area contributed by atoms with Crippen molar-refractivity contribution in [3.8, 4) is 0 Å². The highest BCUT2D eigenvalue weighted by molar-refractivity contribution is 5.85. The molecule has 15 heavy (non-hydrogen) atoms. The first-order chi connectivity index (χ1) is 7.11. The summed E-state index contributed by atoms with van der Waals surface area (Å²) < 4.78 is 13.0. The highest BCUT2D eigenvalue weighted by Crippen LogP contribution is 2.56. The van der Waals surface area contributed by atoms with Gasteiger partial charge in [0.25, 0.3) is 0 Å². The summed E-state index contributed by atoms with van der Waals surface area (Å²) in [5, 5.41) is 9.23. The molecule has 0 heterocycles. The Morgan fingerprint density at radius 1 is 1.67 bits per heavy atom. The number of carboxylic acids is 1. The fraction of sp³-hybridized carbons (Fsp3) is 0.417. The lowest BCUT2D eigenvalue weighted by molar-refractivity contribution is -0.140. The first kappa shape index (κ1) is 10.1. The third-order valence-corrected chi connectivity index (χ3v) is 3.32. The largest absolute Gasteiger partial charge is 0.481 e. The predicted molar refractivity (Wildman–Crippen MR) is 54.1 cm³/mol. The minimum Gasteiger partial charge on any atom is -0.481 e. The van der Waals surface area contributed by atoms with Crippen LogP contribution in [0.15, 0.2) is 24.3 Å². The third kappa shape index (κ3) is 1.42. The zero-order valence-corrected chi connectivity index (χ0v) is 8.53. The first-order valence-electron chi connectivity index (χ1n) is 5.10. The second-order valence-electron chi connectivity index (χ2n) is 4.10. The summed E-state index contributed by atoms with van der Waals surface area (Å²) in [5.74, 6) is -1.05. The summed E-state index contributed by atoms with van der Waals surface area (Å²) in [6.45, 7) is 1.97. The van der Waals surface area contributed by atoms with Gasteiger partial charge < -0.3 is 5.11 Å². The zero-order valence-electron chi connectivity index (χ0n) is 8.53. The average molecular weight is 208 g/mol. The van der Waals surface area contributed by atoms with Crippen molar-refractivity contribution < 1.29 is 14.3 Å². The molecule has 1 saturated carbocycles. The molecule has 0 radical (unpaired) electrons. The van der Waals surface area contributed by atoms with E-state index < -0.39 is 11.4 Å². The number of hydrogen-bond acceptors (Lipinski definition) is 1. The van der Waals surface area contributed by atoms with Gasteiger partial charge in [-0.15, -0.1) is 0 Å². The Bertz CT molecular complexity index is 402. The standard InChI is InChI=1S/C12H13FO2/c1-2-8-7-12(8,11(14)15)9-4-3-5-10(13)6-9/h3-6,8H,2,7H2,1H3,(H,14,15). The van der Waals surface area contributed by atoms with Crippen molar-refractivity contribution >= 4 is 5.97 Å². The van der Waals surface area contributed by atoms with Crippen LogP contribution >= 0.6 is 0 Å². The van der Waals surface area contributed by atoms with Crippen LogP contribution in [0.3, 0.4) is 0 Å². The van der Waals surface area contributed by atoms with Gasteiger partial charge in [0, 0.05) is 0 Å². The van der Waals surface area contributed by atoms with Crippen LogP contribution in [0.2, 0.25) is 0 Å². The summed E-state index contributed by atoms with van der Waals surface area (Å²) in [6.07, 6.45) is 1.45. The molecular weight excluding hydrogens is 195 g/mol. The van der Waals surface area contributed by atoms with E-state index in [1.54, 1.807) is 12.1 Å². The smallest absolute Gasteiger partial charge is 0.314 e. The lowest BCUT2D eigenvalue weighted by atomic mass is 9.92. The van der Waals surface area contributed by atoms with Crippen molar-refractivity contribution in [3.63, 3.8) is 0 Å². The molecule has 1 aromatic carbocycles. The molecule has 0 saturated heterocycles. The highest BCUT2D eigenvalue weighted by Gasteiger charge is 2.60. The lowest BCUT2D eigenvalue weighted by Gasteiger charge is -2.12. The fourth-order valence-corrected chi connectivity index (χ4v) is 2.33. The number of hydrogen-bond donors (Lipinski definition) is 1.